The lowest BCUT2D eigenvalue weighted by molar-refractivity contribution is -0.130. The minimum atomic E-state index is -0.971. The maximum Gasteiger partial charge on any atom is 0.355 e. The molecule has 1 aliphatic rings. The third kappa shape index (κ3) is 3.30. The Hall–Kier alpha value is -1.47. The molecule has 1 aromatic heterocycles. The van der Waals surface area contributed by atoms with Crippen molar-refractivity contribution in [3.8, 4) is 0 Å². The maximum atomic E-state index is 11.2. The Kier molecular flexibility index (Phi) is 4.16. The van der Waals surface area contributed by atoms with Gasteiger partial charge in [0, 0.05) is 39.6 Å². The van der Waals surface area contributed by atoms with Crippen molar-refractivity contribution in [2.24, 2.45) is 0 Å². The van der Waals surface area contributed by atoms with Crippen LogP contribution in [0.15, 0.2) is 0 Å². The number of carboxylic acid groups (broad SMARTS) is 1. The van der Waals surface area contributed by atoms with Crippen LogP contribution in [0.5, 0.6) is 0 Å². The molecule has 0 atom stereocenters. The molecule has 0 aromatic carbocycles. The highest BCUT2D eigenvalue weighted by atomic mass is 32.1. The van der Waals surface area contributed by atoms with Gasteiger partial charge in [-0.25, -0.2) is 9.78 Å². The van der Waals surface area contributed by atoms with Crippen molar-refractivity contribution < 1.29 is 14.7 Å². The van der Waals surface area contributed by atoms with Gasteiger partial charge in [0.1, 0.15) is 0 Å². The summed E-state index contributed by atoms with van der Waals surface area (Å²) in [6.07, 6.45) is 0. The lowest BCUT2D eigenvalue weighted by Gasteiger charge is -2.33. The lowest BCUT2D eigenvalue weighted by atomic mass is 10.2. The molecule has 0 radical (unpaired) electrons. The number of nitrogens with zero attached hydrogens (tertiary/aromatic N) is 3. The zero-order valence-electron chi connectivity index (χ0n) is 11.0. The van der Waals surface area contributed by atoms with E-state index in [9.17, 15) is 9.59 Å². The average molecular weight is 283 g/mol. The minimum Gasteiger partial charge on any atom is -0.476 e. The largest absolute Gasteiger partial charge is 0.476 e. The van der Waals surface area contributed by atoms with Crippen LogP contribution in [0.4, 0.5) is 0 Å². The minimum absolute atomic E-state index is 0.0968. The number of carbonyl (C=O) groups is 2. The molecule has 6 nitrogen and oxygen atoms in total. The van der Waals surface area contributed by atoms with Gasteiger partial charge in [-0.2, -0.15) is 0 Å². The molecule has 1 fully saturated rings. The van der Waals surface area contributed by atoms with E-state index in [1.54, 1.807) is 6.92 Å². The molecule has 0 bridgehead atoms. The predicted molar refractivity (Wildman–Crippen MR) is 71.3 cm³/mol. The molecule has 7 heteroatoms. The number of rotatable bonds is 3. The average Bonchev–Trinajstić information content (AvgIpc) is 2.71. The third-order valence-corrected chi connectivity index (χ3v) is 4.15. The number of aromatic carboxylic acids is 1. The molecule has 104 valence electrons. The quantitative estimate of drug-likeness (QED) is 0.889. The number of carbonyl (C=O) groups excluding carboxylic acids is 1. The second-order valence-corrected chi connectivity index (χ2v) is 5.88. The summed E-state index contributed by atoms with van der Waals surface area (Å²) >= 11 is 1.43. The number of aryl methyl sites for hydroxylation is 1. The van der Waals surface area contributed by atoms with Gasteiger partial charge in [-0.05, 0) is 6.92 Å². The number of aromatic nitrogens is 1. The summed E-state index contributed by atoms with van der Waals surface area (Å²) in [6.45, 7) is 6.94. The number of carboxylic acids is 1. The zero-order valence-corrected chi connectivity index (χ0v) is 11.9. The van der Waals surface area contributed by atoms with Crippen molar-refractivity contribution in [2.45, 2.75) is 20.4 Å². The number of hydrogen-bond acceptors (Lipinski definition) is 5. The van der Waals surface area contributed by atoms with Crippen LogP contribution in [0, 0.1) is 6.92 Å². The Morgan fingerprint density at radius 2 is 1.95 bits per heavy atom. The molecule has 1 amide bonds. The topological polar surface area (TPSA) is 73.7 Å². The van der Waals surface area contributed by atoms with E-state index in [0.717, 1.165) is 23.0 Å². The second kappa shape index (κ2) is 5.66. The molecule has 0 unspecified atom stereocenters. The van der Waals surface area contributed by atoms with Gasteiger partial charge in [-0.3, -0.25) is 9.69 Å². The van der Waals surface area contributed by atoms with E-state index in [0.29, 0.717) is 19.6 Å². The molecule has 0 aliphatic carbocycles. The van der Waals surface area contributed by atoms with Gasteiger partial charge in [0.05, 0.1) is 9.88 Å². The van der Waals surface area contributed by atoms with E-state index in [1.165, 1.54) is 11.3 Å². The lowest BCUT2D eigenvalue weighted by Crippen LogP contribution is -2.47. The highest BCUT2D eigenvalue weighted by molar-refractivity contribution is 7.11. The van der Waals surface area contributed by atoms with Gasteiger partial charge in [0.2, 0.25) is 5.91 Å². The standard InChI is InChI=1S/C12H17N3O3S/c1-8-13-11(12(17)18)10(19-8)7-14-3-5-15(6-4-14)9(2)16/h3-7H2,1-2H3,(H,17,18). The monoisotopic (exact) mass is 283 g/mol. The molecule has 0 spiro atoms. The third-order valence-electron chi connectivity index (χ3n) is 3.19. The Labute approximate surface area is 115 Å². The maximum absolute atomic E-state index is 11.2. The van der Waals surface area contributed by atoms with E-state index < -0.39 is 5.97 Å². The van der Waals surface area contributed by atoms with Crippen molar-refractivity contribution in [1.82, 2.24) is 14.8 Å². The fraction of sp³-hybridized carbons (Fsp3) is 0.583. The van der Waals surface area contributed by atoms with Crippen molar-refractivity contribution in [3.63, 3.8) is 0 Å². The van der Waals surface area contributed by atoms with Crippen LogP contribution >= 0.6 is 11.3 Å². The van der Waals surface area contributed by atoms with Gasteiger partial charge >= 0.3 is 5.97 Å². The van der Waals surface area contributed by atoms with Gasteiger partial charge in [-0.1, -0.05) is 0 Å². The first kappa shape index (κ1) is 14.0. The van der Waals surface area contributed by atoms with Crippen LogP contribution in [0.1, 0.15) is 27.3 Å². The van der Waals surface area contributed by atoms with Gasteiger partial charge in [0.25, 0.3) is 0 Å². The zero-order chi connectivity index (χ0) is 14.0. The fourth-order valence-corrected chi connectivity index (χ4v) is 3.14. The van der Waals surface area contributed by atoms with Crippen LogP contribution in [0.3, 0.4) is 0 Å². The number of hydrogen-bond donors (Lipinski definition) is 1. The normalized spacial score (nSPS) is 16.6. The van der Waals surface area contributed by atoms with Crippen molar-refractivity contribution in [2.75, 3.05) is 26.2 Å². The van der Waals surface area contributed by atoms with Crippen LogP contribution in [-0.2, 0) is 11.3 Å². The van der Waals surface area contributed by atoms with E-state index in [4.69, 9.17) is 5.11 Å². The van der Waals surface area contributed by atoms with Crippen molar-refractivity contribution >= 4 is 23.2 Å². The van der Waals surface area contributed by atoms with Gasteiger partial charge < -0.3 is 10.0 Å². The molecule has 1 saturated heterocycles. The van der Waals surface area contributed by atoms with E-state index in [-0.39, 0.29) is 11.6 Å². The molecule has 2 heterocycles. The number of amides is 1. The van der Waals surface area contributed by atoms with Crippen LogP contribution < -0.4 is 0 Å². The summed E-state index contributed by atoms with van der Waals surface area (Å²) in [4.78, 5) is 31.1. The molecule has 19 heavy (non-hydrogen) atoms. The van der Waals surface area contributed by atoms with Gasteiger partial charge in [0.15, 0.2) is 5.69 Å². The predicted octanol–water partition coefficient (Wildman–Crippen LogP) is 0.814. The van der Waals surface area contributed by atoms with Crippen LogP contribution in [-0.4, -0.2) is 57.9 Å². The smallest absolute Gasteiger partial charge is 0.355 e. The molecule has 1 aromatic rings. The summed E-state index contributed by atoms with van der Waals surface area (Å²) in [5.41, 5.74) is 0.163. The summed E-state index contributed by atoms with van der Waals surface area (Å²) in [7, 11) is 0. The molecule has 1 N–H and O–H groups in total. The summed E-state index contributed by atoms with van der Waals surface area (Å²) in [5.74, 6) is -0.874. The number of piperazine rings is 1. The molecule has 1 aliphatic heterocycles. The van der Waals surface area contributed by atoms with E-state index in [2.05, 4.69) is 9.88 Å². The fourth-order valence-electron chi connectivity index (χ4n) is 2.17. The van der Waals surface area contributed by atoms with E-state index >= 15 is 0 Å². The highest BCUT2D eigenvalue weighted by Gasteiger charge is 2.22. The van der Waals surface area contributed by atoms with Gasteiger partial charge in [-0.15, -0.1) is 11.3 Å². The summed E-state index contributed by atoms with van der Waals surface area (Å²) < 4.78 is 0. The summed E-state index contributed by atoms with van der Waals surface area (Å²) in [6, 6.07) is 0. The molecule has 2 rings (SSSR count). The van der Waals surface area contributed by atoms with Crippen molar-refractivity contribution in [3.05, 3.63) is 15.6 Å². The first-order valence-corrected chi connectivity index (χ1v) is 6.96. The van der Waals surface area contributed by atoms with E-state index in [1.807, 2.05) is 11.8 Å². The second-order valence-electron chi connectivity index (χ2n) is 4.59. The molecular weight excluding hydrogens is 266 g/mol. The Morgan fingerprint density at radius 3 is 2.47 bits per heavy atom. The SMILES string of the molecule is CC(=O)N1CCN(Cc2sc(C)nc2C(=O)O)CC1. The molecular formula is C12H17N3O3S. The van der Waals surface area contributed by atoms with Crippen molar-refractivity contribution in [1.29, 1.82) is 0 Å². The first-order valence-electron chi connectivity index (χ1n) is 6.15. The van der Waals surface area contributed by atoms with Crippen LogP contribution in [0.25, 0.3) is 0 Å². The Morgan fingerprint density at radius 1 is 1.32 bits per heavy atom. The summed E-state index contributed by atoms with van der Waals surface area (Å²) in [5, 5.41) is 9.87. The Bertz CT molecular complexity index is 492. The Balaban J connectivity index is 1.99. The van der Waals surface area contributed by atoms with Crippen LogP contribution in [0.2, 0.25) is 0 Å². The number of thiazole rings is 1. The highest BCUT2D eigenvalue weighted by Crippen LogP contribution is 2.20. The molecule has 0 saturated carbocycles. The first-order chi connectivity index (χ1) is 8.97.